The predicted octanol–water partition coefficient (Wildman–Crippen LogP) is 2.73. The van der Waals surface area contributed by atoms with E-state index in [1.165, 1.54) is 12.8 Å². The van der Waals surface area contributed by atoms with Crippen LogP contribution >= 0.6 is 15.9 Å². The predicted molar refractivity (Wildman–Crippen MR) is 75.6 cm³/mol. The van der Waals surface area contributed by atoms with Crippen LogP contribution in [0.3, 0.4) is 0 Å². The third-order valence-electron chi connectivity index (χ3n) is 3.35. The molecule has 1 aliphatic heterocycles. The molecule has 94 valence electrons. The number of rotatable bonds is 3. The maximum absolute atomic E-state index is 4.67. The lowest BCUT2D eigenvalue weighted by molar-refractivity contribution is 0.433. The van der Waals surface area contributed by atoms with Gasteiger partial charge in [-0.3, -0.25) is 0 Å². The fraction of sp³-hybridized carbons (Fsp3) is 0.615. The molecule has 1 fully saturated rings. The van der Waals surface area contributed by atoms with E-state index in [-0.39, 0.29) is 0 Å². The number of aromatic nitrogens is 1. The van der Waals surface area contributed by atoms with Crippen molar-refractivity contribution in [2.24, 2.45) is 0 Å². The summed E-state index contributed by atoms with van der Waals surface area (Å²) in [7, 11) is 0. The van der Waals surface area contributed by atoms with Crippen LogP contribution in [0.4, 0.5) is 5.82 Å². The lowest BCUT2D eigenvalue weighted by Gasteiger charge is -2.35. The van der Waals surface area contributed by atoms with Crippen LogP contribution in [0.2, 0.25) is 0 Å². The number of aryl methyl sites for hydroxylation is 1. The first-order chi connectivity index (χ1) is 8.22. The zero-order valence-corrected chi connectivity index (χ0v) is 12.1. The van der Waals surface area contributed by atoms with Crippen molar-refractivity contribution in [3.63, 3.8) is 0 Å². The highest BCUT2D eigenvalue weighted by atomic mass is 79.9. The fourth-order valence-corrected chi connectivity index (χ4v) is 2.62. The molecule has 1 aromatic heterocycles. The van der Waals surface area contributed by atoms with Crippen molar-refractivity contribution in [2.45, 2.75) is 32.7 Å². The molecular formula is C13H20BrN3. The minimum absolute atomic E-state index is 0.585. The summed E-state index contributed by atoms with van der Waals surface area (Å²) in [6, 6.07) is 4.79. The van der Waals surface area contributed by atoms with E-state index in [1.54, 1.807) is 0 Å². The van der Waals surface area contributed by atoms with Crippen LogP contribution in [0.25, 0.3) is 0 Å². The summed E-state index contributed by atoms with van der Waals surface area (Å²) in [5.41, 5.74) is 1.06. The second-order valence-corrected chi connectivity index (χ2v) is 5.38. The molecule has 1 aromatic rings. The van der Waals surface area contributed by atoms with Gasteiger partial charge in [0.1, 0.15) is 5.82 Å². The molecular weight excluding hydrogens is 278 g/mol. The fourth-order valence-electron chi connectivity index (χ4n) is 2.40. The number of likely N-dealkylation sites (N-methyl/N-ethyl adjacent to an activating group) is 1. The average Bonchev–Trinajstić information content (AvgIpc) is 2.36. The van der Waals surface area contributed by atoms with E-state index in [0.717, 1.165) is 35.6 Å². The Hall–Kier alpha value is -0.610. The van der Waals surface area contributed by atoms with E-state index in [1.807, 2.05) is 6.92 Å². The maximum atomic E-state index is 4.67. The molecule has 2 heterocycles. The van der Waals surface area contributed by atoms with Gasteiger partial charge in [-0.1, -0.05) is 0 Å². The molecule has 0 aliphatic carbocycles. The molecule has 0 spiro atoms. The van der Waals surface area contributed by atoms with Gasteiger partial charge >= 0.3 is 0 Å². The Morgan fingerprint density at radius 2 is 2.35 bits per heavy atom. The van der Waals surface area contributed by atoms with Gasteiger partial charge in [0.25, 0.3) is 0 Å². The molecule has 3 nitrogen and oxygen atoms in total. The van der Waals surface area contributed by atoms with Gasteiger partial charge in [-0.15, -0.1) is 0 Å². The van der Waals surface area contributed by atoms with Crippen molar-refractivity contribution in [1.82, 2.24) is 10.3 Å². The van der Waals surface area contributed by atoms with Gasteiger partial charge < -0.3 is 10.2 Å². The van der Waals surface area contributed by atoms with Gasteiger partial charge in [0.2, 0.25) is 0 Å². The SMILES string of the molecule is CCN(c1ccc(Br)c(C)n1)C1CCCNC1. The Kier molecular flexibility index (Phi) is 4.40. The topological polar surface area (TPSA) is 28.2 Å². The lowest BCUT2D eigenvalue weighted by atomic mass is 10.1. The first kappa shape index (κ1) is 12.8. The summed E-state index contributed by atoms with van der Waals surface area (Å²) in [6.07, 6.45) is 2.52. The number of nitrogens with one attached hydrogen (secondary N) is 1. The summed E-state index contributed by atoms with van der Waals surface area (Å²) in [5, 5.41) is 3.47. The number of hydrogen-bond donors (Lipinski definition) is 1. The van der Waals surface area contributed by atoms with Crippen molar-refractivity contribution in [1.29, 1.82) is 0 Å². The molecule has 0 radical (unpaired) electrons. The highest BCUT2D eigenvalue weighted by Gasteiger charge is 2.20. The Morgan fingerprint density at radius 1 is 1.53 bits per heavy atom. The van der Waals surface area contributed by atoms with Crippen LogP contribution in [-0.4, -0.2) is 30.7 Å². The van der Waals surface area contributed by atoms with Crippen molar-refractivity contribution in [3.8, 4) is 0 Å². The Labute approximate surface area is 112 Å². The third kappa shape index (κ3) is 2.99. The molecule has 1 N–H and O–H groups in total. The van der Waals surface area contributed by atoms with Crippen molar-refractivity contribution in [3.05, 3.63) is 22.3 Å². The summed E-state index contributed by atoms with van der Waals surface area (Å²) in [5.74, 6) is 1.10. The molecule has 2 rings (SSSR count). The van der Waals surface area contributed by atoms with Crippen molar-refractivity contribution in [2.75, 3.05) is 24.5 Å². The van der Waals surface area contributed by atoms with Gasteiger partial charge in [-0.2, -0.15) is 0 Å². The molecule has 0 bridgehead atoms. The van der Waals surface area contributed by atoms with Crippen LogP contribution in [0, 0.1) is 6.92 Å². The highest BCUT2D eigenvalue weighted by molar-refractivity contribution is 9.10. The second kappa shape index (κ2) is 5.83. The van der Waals surface area contributed by atoms with Crippen LogP contribution in [0.1, 0.15) is 25.5 Å². The Balaban J connectivity index is 2.18. The second-order valence-electron chi connectivity index (χ2n) is 4.52. The standard InChI is InChI=1S/C13H20BrN3/c1-3-17(11-5-4-8-15-9-11)13-7-6-12(14)10(2)16-13/h6-7,11,15H,3-5,8-9H2,1-2H3. The Bertz CT molecular complexity index is 375. The lowest BCUT2D eigenvalue weighted by Crippen LogP contribution is -2.46. The normalized spacial score (nSPS) is 20.3. The first-order valence-electron chi connectivity index (χ1n) is 6.33. The van der Waals surface area contributed by atoms with Crippen molar-refractivity contribution < 1.29 is 0 Å². The van der Waals surface area contributed by atoms with Gasteiger partial charge in [-0.25, -0.2) is 4.98 Å². The molecule has 0 amide bonds. The van der Waals surface area contributed by atoms with Crippen LogP contribution in [0.5, 0.6) is 0 Å². The van der Waals surface area contributed by atoms with Crippen LogP contribution < -0.4 is 10.2 Å². The maximum Gasteiger partial charge on any atom is 0.129 e. The molecule has 1 unspecified atom stereocenters. The number of nitrogens with zero attached hydrogens (tertiary/aromatic N) is 2. The molecule has 0 saturated carbocycles. The number of hydrogen-bond acceptors (Lipinski definition) is 3. The first-order valence-corrected chi connectivity index (χ1v) is 7.12. The number of anilines is 1. The average molecular weight is 298 g/mol. The molecule has 4 heteroatoms. The highest BCUT2D eigenvalue weighted by Crippen LogP contribution is 2.22. The zero-order valence-electron chi connectivity index (χ0n) is 10.5. The quantitative estimate of drug-likeness (QED) is 0.930. The van der Waals surface area contributed by atoms with Crippen LogP contribution in [-0.2, 0) is 0 Å². The molecule has 17 heavy (non-hydrogen) atoms. The van der Waals surface area contributed by atoms with Gasteiger partial charge in [0.05, 0.1) is 5.69 Å². The summed E-state index contributed by atoms with van der Waals surface area (Å²) >= 11 is 3.50. The summed E-state index contributed by atoms with van der Waals surface area (Å²) < 4.78 is 1.08. The monoisotopic (exact) mass is 297 g/mol. The number of piperidine rings is 1. The smallest absolute Gasteiger partial charge is 0.129 e. The van der Waals surface area contributed by atoms with Crippen molar-refractivity contribution >= 4 is 21.7 Å². The van der Waals surface area contributed by atoms with Gasteiger partial charge in [0.15, 0.2) is 0 Å². The van der Waals surface area contributed by atoms with E-state index >= 15 is 0 Å². The summed E-state index contributed by atoms with van der Waals surface area (Å²) in [6.45, 7) is 7.49. The summed E-state index contributed by atoms with van der Waals surface area (Å²) in [4.78, 5) is 7.08. The van der Waals surface area contributed by atoms with E-state index in [0.29, 0.717) is 6.04 Å². The van der Waals surface area contributed by atoms with E-state index in [4.69, 9.17) is 0 Å². The van der Waals surface area contributed by atoms with E-state index < -0.39 is 0 Å². The van der Waals surface area contributed by atoms with Gasteiger partial charge in [-0.05, 0) is 61.3 Å². The van der Waals surface area contributed by atoms with Crippen LogP contribution in [0.15, 0.2) is 16.6 Å². The van der Waals surface area contributed by atoms with E-state index in [2.05, 4.69) is 50.2 Å². The van der Waals surface area contributed by atoms with Gasteiger partial charge in [0, 0.05) is 23.6 Å². The molecule has 1 atom stereocenters. The minimum Gasteiger partial charge on any atom is -0.353 e. The number of halogens is 1. The Morgan fingerprint density at radius 3 is 2.94 bits per heavy atom. The third-order valence-corrected chi connectivity index (χ3v) is 4.19. The zero-order chi connectivity index (χ0) is 12.3. The largest absolute Gasteiger partial charge is 0.353 e. The minimum atomic E-state index is 0.585. The number of pyridine rings is 1. The molecule has 0 aromatic carbocycles. The molecule has 1 saturated heterocycles. The molecule has 1 aliphatic rings. The van der Waals surface area contributed by atoms with E-state index in [9.17, 15) is 0 Å².